The number of benzene rings is 1. The van der Waals surface area contributed by atoms with Crippen molar-refractivity contribution < 1.29 is 4.74 Å². The predicted octanol–water partition coefficient (Wildman–Crippen LogP) is 2.30. The molecule has 19 heavy (non-hydrogen) atoms. The number of hydrogen-bond acceptors (Lipinski definition) is 5. The van der Waals surface area contributed by atoms with Crippen molar-refractivity contribution in [2.24, 2.45) is 5.84 Å². The van der Waals surface area contributed by atoms with Crippen molar-refractivity contribution in [3.8, 4) is 0 Å². The van der Waals surface area contributed by atoms with Gasteiger partial charge in [0, 0.05) is 30.7 Å². The molecule has 0 spiro atoms. The molecule has 0 fully saturated rings. The van der Waals surface area contributed by atoms with Crippen molar-refractivity contribution in [1.29, 1.82) is 0 Å². The maximum Gasteiger partial charge on any atom is 0.141 e. The van der Waals surface area contributed by atoms with Crippen LogP contribution in [-0.2, 0) is 11.2 Å². The molecule has 0 aliphatic carbocycles. The molecule has 1 aromatic carbocycles. The number of pyridine rings is 1. The van der Waals surface area contributed by atoms with E-state index in [9.17, 15) is 0 Å². The summed E-state index contributed by atoms with van der Waals surface area (Å²) in [5.41, 5.74) is 5.74. The number of nitrogen functional groups attached to an aromatic ring is 1. The number of hydrazine groups is 1. The Labute approximate surface area is 112 Å². The van der Waals surface area contributed by atoms with Crippen molar-refractivity contribution in [1.82, 2.24) is 4.98 Å². The number of ether oxygens (including phenoxy) is 1. The molecule has 1 heterocycles. The van der Waals surface area contributed by atoms with E-state index in [2.05, 4.69) is 21.8 Å². The summed E-state index contributed by atoms with van der Waals surface area (Å²) in [5, 5.41) is 3.37. The molecule has 2 rings (SSSR count). The molecule has 4 N–H and O–H groups in total. The smallest absolute Gasteiger partial charge is 0.141 e. The highest BCUT2D eigenvalue weighted by molar-refractivity contribution is 5.65. The van der Waals surface area contributed by atoms with Gasteiger partial charge in [0.15, 0.2) is 0 Å². The normalized spacial score (nSPS) is 10.2. The monoisotopic (exact) mass is 258 g/mol. The third-order valence-corrected chi connectivity index (χ3v) is 2.78. The summed E-state index contributed by atoms with van der Waals surface area (Å²) in [6, 6.07) is 11.9. The number of methoxy groups -OCH3 is 1. The van der Waals surface area contributed by atoms with Crippen molar-refractivity contribution in [3.05, 3.63) is 48.2 Å². The van der Waals surface area contributed by atoms with Gasteiger partial charge in [0.25, 0.3) is 0 Å². The van der Waals surface area contributed by atoms with E-state index in [-0.39, 0.29) is 0 Å². The molecule has 0 bridgehead atoms. The van der Waals surface area contributed by atoms with Crippen molar-refractivity contribution in [3.63, 3.8) is 0 Å². The Kier molecular flexibility index (Phi) is 4.72. The van der Waals surface area contributed by atoms with E-state index in [0.29, 0.717) is 12.4 Å². The lowest BCUT2D eigenvalue weighted by molar-refractivity contribution is 0.202. The van der Waals surface area contributed by atoms with E-state index in [4.69, 9.17) is 10.6 Å². The molecule has 1 aromatic heterocycles. The first-order valence-electron chi connectivity index (χ1n) is 6.10. The van der Waals surface area contributed by atoms with Crippen LogP contribution in [0.3, 0.4) is 0 Å². The summed E-state index contributed by atoms with van der Waals surface area (Å²) >= 11 is 0. The Morgan fingerprint density at radius 3 is 2.89 bits per heavy atom. The van der Waals surface area contributed by atoms with Gasteiger partial charge in [0.1, 0.15) is 5.82 Å². The van der Waals surface area contributed by atoms with E-state index < -0.39 is 0 Å². The summed E-state index contributed by atoms with van der Waals surface area (Å²) in [5.74, 6) is 5.98. The van der Waals surface area contributed by atoms with Crippen LogP contribution in [0, 0.1) is 0 Å². The number of nitrogens with two attached hydrogens (primary N) is 1. The second kappa shape index (κ2) is 6.72. The third kappa shape index (κ3) is 3.67. The van der Waals surface area contributed by atoms with Gasteiger partial charge in [0.2, 0.25) is 0 Å². The van der Waals surface area contributed by atoms with Gasteiger partial charge in [-0.15, -0.1) is 0 Å². The van der Waals surface area contributed by atoms with Crippen LogP contribution in [0.25, 0.3) is 0 Å². The van der Waals surface area contributed by atoms with Gasteiger partial charge in [-0.25, -0.2) is 10.8 Å². The zero-order valence-electron chi connectivity index (χ0n) is 10.9. The largest absolute Gasteiger partial charge is 0.384 e. The number of aromatic nitrogens is 1. The highest BCUT2D eigenvalue weighted by Crippen LogP contribution is 2.22. The number of anilines is 3. The van der Waals surface area contributed by atoms with Crippen LogP contribution in [0.2, 0.25) is 0 Å². The predicted molar refractivity (Wildman–Crippen MR) is 77.4 cm³/mol. The quantitative estimate of drug-likeness (QED) is 0.548. The van der Waals surface area contributed by atoms with E-state index in [1.54, 1.807) is 13.3 Å². The van der Waals surface area contributed by atoms with Crippen LogP contribution < -0.4 is 16.6 Å². The van der Waals surface area contributed by atoms with Crippen molar-refractivity contribution >= 4 is 17.2 Å². The van der Waals surface area contributed by atoms with Gasteiger partial charge in [-0.1, -0.05) is 18.2 Å². The molecule has 0 saturated heterocycles. The molecule has 0 atom stereocenters. The minimum Gasteiger partial charge on any atom is -0.384 e. The number of hydrogen-bond donors (Lipinski definition) is 3. The Bertz CT molecular complexity index is 530. The average molecular weight is 258 g/mol. The Hall–Kier alpha value is -2.11. The van der Waals surface area contributed by atoms with Crippen LogP contribution in [0.15, 0.2) is 42.6 Å². The Balaban J connectivity index is 2.17. The Morgan fingerprint density at radius 2 is 2.11 bits per heavy atom. The highest BCUT2D eigenvalue weighted by Gasteiger charge is 2.02. The average Bonchev–Trinajstić information content (AvgIpc) is 2.46. The van der Waals surface area contributed by atoms with E-state index >= 15 is 0 Å². The van der Waals surface area contributed by atoms with Crippen molar-refractivity contribution in [2.45, 2.75) is 6.42 Å². The second-order valence-electron chi connectivity index (χ2n) is 4.10. The van der Waals surface area contributed by atoms with E-state index in [0.717, 1.165) is 17.8 Å². The fourth-order valence-electron chi connectivity index (χ4n) is 1.82. The van der Waals surface area contributed by atoms with Crippen molar-refractivity contribution in [2.75, 3.05) is 24.5 Å². The standard InChI is InChI=1S/C14H18N4O/c1-19-9-7-11-4-2-3-5-13(11)17-12-6-8-16-14(10-12)18-15/h2-6,8,10H,7,9,15H2,1H3,(H2,16,17,18). The molecule has 100 valence electrons. The van der Waals surface area contributed by atoms with Crippen LogP contribution in [-0.4, -0.2) is 18.7 Å². The first kappa shape index (κ1) is 13.3. The molecule has 5 heteroatoms. The summed E-state index contributed by atoms with van der Waals surface area (Å²) in [4.78, 5) is 4.08. The van der Waals surface area contributed by atoms with Crippen LogP contribution in [0.4, 0.5) is 17.2 Å². The summed E-state index contributed by atoms with van der Waals surface area (Å²) < 4.78 is 5.12. The molecule has 0 aliphatic heterocycles. The Morgan fingerprint density at radius 1 is 1.26 bits per heavy atom. The minimum absolute atomic E-state index is 0.624. The third-order valence-electron chi connectivity index (χ3n) is 2.78. The first-order chi connectivity index (χ1) is 9.33. The molecule has 0 saturated carbocycles. The minimum atomic E-state index is 0.624. The lowest BCUT2D eigenvalue weighted by Gasteiger charge is -2.12. The number of nitrogens with zero attached hydrogens (tertiary/aromatic N) is 1. The van der Waals surface area contributed by atoms with Crippen LogP contribution in [0.5, 0.6) is 0 Å². The van der Waals surface area contributed by atoms with Gasteiger partial charge in [-0.05, 0) is 24.1 Å². The summed E-state index contributed by atoms with van der Waals surface area (Å²) in [6.07, 6.45) is 2.57. The highest BCUT2D eigenvalue weighted by atomic mass is 16.5. The lowest BCUT2D eigenvalue weighted by atomic mass is 10.1. The molecule has 2 aromatic rings. The lowest BCUT2D eigenvalue weighted by Crippen LogP contribution is -2.08. The molecule has 0 radical (unpaired) electrons. The topological polar surface area (TPSA) is 72.2 Å². The molecule has 0 aliphatic rings. The molecule has 0 unspecified atom stereocenters. The maximum absolute atomic E-state index is 5.35. The van der Waals surface area contributed by atoms with Gasteiger partial charge in [-0.2, -0.15) is 0 Å². The molecule has 0 amide bonds. The molecular weight excluding hydrogens is 240 g/mol. The molecular formula is C14H18N4O. The number of rotatable bonds is 6. The fraction of sp³-hybridized carbons (Fsp3) is 0.214. The first-order valence-corrected chi connectivity index (χ1v) is 6.10. The van der Waals surface area contributed by atoms with Crippen LogP contribution in [0.1, 0.15) is 5.56 Å². The zero-order chi connectivity index (χ0) is 13.5. The van der Waals surface area contributed by atoms with Gasteiger partial charge >= 0.3 is 0 Å². The van der Waals surface area contributed by atoms with E-state index in [1.165, 1.54) is 5.56 Å². The van der Waals surface area contributed by atoms with Gasteiger partial charge in [0.05, 0.1) is 6.61 Å². The maximum atomic E-state index is 5.35. The SMILES string of the molecule is COCCc1ccccc1Nc1ccnc(NN)c1. The second-order valence-corrected chi connectivity index (χ2v) is 4.10. The summed E-state index contributed by atoms with van der Waals surface area (Å²) in [6.45, 7) is 0.699. The van der Waals surface area contributed by atoms with Gasteiger partial charge in [-0.3, -0.25) is 0 Å². The summed E-state index contributed by atoms with van der Waals surface area (Å²) in [7, 11) is 1.71. The van der Waals surface area contributed by atoms with E-state index in [1.807, 2.05) is 30.3 Å². The number of nitrogens with one attached hydrogen (secondary N) is 2. The zero-order valence-corrected chi connectivity index (χ0v) is 10.9. The van der Waals surface area contributed by atoms with Crippen LogP contribution >= 0.6 is 0 Å². The molecule has 5 nitrogen and oxygen atoms in total. The fourth-order valence-corrected chi connectivity index (χ4v) is 1.82. The number of para-hydroxylation sites is 1. The van der Waals surface area contributed by atoms with Gasteiger partial charge < -0.3 is 15.5 Å².